The zero-order valence-corrected chi connectivity index (χ0v) is 20.1. The van der Waals surface area contributed by atoms with Gasteiger partial charge in [0, 0.05) is 57.2 Å². The van der Waals surface area contributed by atoms with Gasteiger partial charge in [-0.3, -0.25) is 9.59 Å². The lowest BCUT2D eigenvalue weighted by Crippen LogP contribution is -2.43. The molecule has 2 aliphatic rings. The predicted molar refractivity (Wildman–Crippen MR) is 128 cm³/mol. The summed E-state index contributed by atoms with van der Waals surface area (Å²) in [5, 5.41) is 9.70. The molecule has 1 aromatic heterocycles. The summed E-state index contributed by atoms with van der Waals surface area (Å²) in [6, 6.07) is 13.3. The molecule has 7 nitrogen and oxygen atoms in total. The first-order valence-corrected chi connectivity index (χ1v) is 12.1. The minimum Gasteiger partial charge on any atom is -0.478 e. The van der Waals surface area contributed by atoms with E-state index in [4.69, 9.17) is 21.6 Å². The smallest absolute Gasteiger partial charge is 0.225 e. The van der Waals surface area contributed by atoms with Crippen LogP contribution < -0.4 is 4.74 Å². The van der Waals surface area contributed by atoms with Gasteiger partial charge >= 0.3 is 0 Å². The number of nitrogens with zero attached hydrogens (tertiary/aromatic N) is 4. The van der Waals surface area contributed by atoms with Crippen molar-refractivity contribution in [1.82, 2.24) is 14.8 Å². The van der Waals surface area contributed by atoms with Gasteiger partial charge in [0.15, 0.2) is 0 Å². The highest BCUT2D eigenvalue weighted by Gasteiger charge is 2.39. The zero-order valence-electron chi connectivity index (χ0n) is 19.3. The Balaban J connectivity index is 1.42. The quantitative estimate of drug-likeness (QED) is 0.626. The number of ether oxygens (including phenoxy) is 1. The van der Waals surface area contributed by atoms with E-state index >= 15 is 0 Å². The summed E-state index contributed by atoms with van der Waals surface area (Å²) in [5.74, 6) is 1.16. The molecule has 3 heterocycles. The summed E-state index contributed by atoms with van der Waals surface area (Å²) >= 11 is 5.90. The predicted octanol–water partition coefficient (Wildman–Crippen LogP) is 3.88. The monoisotopic (exact) mass is 480 g/mol. The average Bonchev–Trinajstić information content (AvgIpc) is 3.29. The van der Waals surface area contributed by atoms with E-state index in [9.17, 15) is 9.59 Å². The maximum absolute atomic E-state index is 13.4. The average molecular weight is 481 g/mol. The number of halogens is 1. The first kappa shape index (κ1) is 24.0. The third-order valence-corrected chi connectivity index (χ3v) is 7.17. The molecule has 1 aromatic carbocycles. The molecule has 0 spiro atoms. The van der Waals surface area contributed by atoms with Gasteiger partial charge in [0.25, 0.3) is 0 Å². The first-order chi connectivity index (χ1) is 16.4. The van der Waals surface area contributed by atoms with Crippen LogP contribution in [-0.4, -0.2) is 59.4 Å². The number of benzene rings is 1. The van der Waals surface area contributed by atoms with Crippen LogP contribution in [0, 0.1) is 23.2 Å². The molecule has 8 heteroatoms. The Kier molecular flexibility index (Phi) is 7.69. The zero-order chi connectivity index (χ0) is 24.1. The second-order valence-corrected chi connectivity index (χ2v) is 9.51. The summed E-state index contributed by atoms with van der Waals surface area (Å²) < 4.78 is 5.84. The molecule has 0 bridgehead atoms. The number of piperidine rings is 1. The van der Waals surface area contributed by atoms with E-state index in [0.29, 0.717) is 62.1 Å². The molecule has 34 heavy (non-hydrogen) atoms. The van der Waals surface area contributed by atoms with E-state index < -0.39 is 0 Å². The maximum atomic E-state index is 13.4. The Morgan fingerprint density at radius 3 is 2.47 bits per heavy atom. The number of carbonyl (C=O) groups is 2. The van der Waals surface area contributed by atoms with Crippen LogP contribution in [0.5, 0.6) is 5.88 Å². The maximum Gasteiger partial charge on any atom is 0.225 e. The van der Waals surface area contributed by atoms with Gasteiger partial charge in [-0.25, -0.2) is 4.98 Å². The highest BCUT2D eigenvalue weighted by Crippen LogP contribution is 2.36. The van der Waals surface area contributed by atoms with Crippen molar-refractivity contribution in [3.05, 3.63) is 58.7 Å². The van der Waals surface area contributed by atoms with E-state index in [2.05, 4.69) is 11.1 Å². The summed E-state index contributed by atoms with van der Waals surface area (Å²) in [4.78, 5) is 33.0. The summed E-state index contributed by atoms with van der Waals surface area (Å²) in [6.07, 6.45) is 3.77. The molecule has 178 valence electrons. The van der Waals surface area contributed by atoms with Crippen LogP contribution in [0.3, 0.4) is 0 Å². The topological polar surface area (TPSA) is 86.5 Å². The number of rotatable bonds is 6. The van der Waals surface area contributed by atoms with Crippen molar-refractivity contribution < 1.29 is 14.3 Å². The molecule has 0 saturated carbocycles. The Hall–Kier alpha value is -3.11. The van der Waals surface area contributed by atoms with Crippen LogP contribution in [0.4, 0.5) is 0 Å². The number of carbonyl (C=O) groups excluding carboxylic acids is 2. The summed E-state index contributed by atoms with van der Waals surface area (Å²) in [5.41, 5.74) is 1.76. The highest BCUT2D eigenvalue weighted by atomic mass is 35.5. The van der Waals surface area contributed by atoms with Crippen molar-refractivity contribution in [3.8, 4) is 11.9 Å². The summed E-state index contributed by atoms with van der Waals surface area (Å²) in [7, 11) is 0. The molecule has 2 aliphatic heterocycles. The largest absolute Gasteiger partial charge is 0.478 e. The number of amides is 2. The van der Waals surface area contributed by atoms with Gasteiger partial charge in [-0.05, 0) is 48.9 Å². The van der Waals surface area contributed by atoms with Gasteiger partial charge in [-0.1, -0.05) is 23.7 Å². The van der Waals surface area contributed by atoms with E-state index in [1.54, 1.807) is 25.3 Å². The van der Waals surface area contributed by atoms with Crippen molar-refractivity contribution in [2.45, 2.75) is 32.1 Å². The molecule has 0 N–H and O–H groups in total. The molecule has 2 aromatic rings. The Morgan fingerprint density at radius 2 is 1.85 bits per heavy atom. The molecule has 0 radical (unpaired) electrons. The van der Waals surface area contributed by atoms with E-state index in [-0.39, 0.29) is 29.6 Å². The van der Waals surface area contributed by atoms with Gasteiger partial charge < -0.3 is 14.5 Å². The molecule has 2 saturated heterocycles. The fourth-order valence-corrected chi connectivity index (χ4v) is 5.10. The fraction of sp³-hybridized carbons (Fsp3) is 0.462. The lowest BCUT2D eigenvalue weighted by atomic mass is 9.87. The number of pyridine rings is 1. The van der Waals surface area contributed by atoms with Gasteiger partial charge in [0.2, 0.25) is 17.7 Å². The third-order valence-electron chi connectivity index (χ3n) is 6.95. The molecule has 2 amide bonds. The second-order valence-electron chi connectivity index (χ2n) is 9.08. The van der Waals surface area contributed by atoms with Crippen molar-refractivity contribution in [2.24, 2.45) is 11.8 Å². The third kappa shape index (κ3) is 5.68. The van der Waals surface area contributed by atoms with E-state index in [1.807, 2.05) is 34.1 Å². The molecule has 0 aliphatic carbocycles. The van der Waals surface area contributed by atoms with Crippen molar-refractivity contribution in [1.29, 1.82) is 5.26 Å². The van der Waals surface area contributed by atoms with Gasteiger partial charge in [0.1, 0.15) is 0 Å². The lowest BCUT2D eigenvalue weighted by molar-refractivity contribution is -0.139. The van der Waals surface area contributed by atoms with E-state index in [0.717, 1.165) is 12.0 Å². The first-order valence-electron chi connectivity index (χ1n) is 11.7. The molecule has 2 unspecified atom stereocenters. The van der Waals surface area contributed by atoms with Crippen molar-refractivity contribution >= 4 is 23.4 Å². The van der Waals surface area contributed by atoms with Crippen LogP contribution in [0.1, 0.15) is 43.2 Å². The number of hydrogen-bond acceptors (Lipinski definition) is 5. The highest BCUT2D eigenvalue weighted by molar-refractivity contribution is 6.30. The summed E-state index contributed by atoms with van der Waals surface area (Å²) in [6.45, 7) is 4.69. The van der Waals surface area contributed by atoms with Crippen LogP contribution in [0.2, 0.25) is 5.02 Å². The Labute approximate surface area is 205 Å². The Bertz CT molecular complexity index is 1040. The molecule has 2 fully saturated rings. The van der Waals surface area contributed by atoms with E-state index in [1.165, 1.54) is 0 Å². The van der Waals surface area contributed by atoms with Crippen molar-refractivity contribution in [2.75, 3.05) is 32.8 Å². The molecular formula is C26H29ClN4O3. The van der Waals surface area contributed by atoms with Crippen LogP contribution in [-0.2, 0) is 9.59 Å². The lowest BCUT2D eigenvalue weighted by Gasteiger charge is -2.32. The van der Waals surface area contributed by atoms with Crippen LogP contribution in [0.25, 0.3) is 0 Å². The normalized spacial score (nSPS) is 20.7. The van der Waals surface area contributed by atoms with Gasteiger partial charge in [-0.2, -0.15) is 5.26 Å². The minimum absolute atomic E-state index is 0.0366. The fourth-order valence-electron chi connectivity index (χ4n) is 4.99. The molecular weight excluding hydrogens is 452 g/mol. The van der Waals surface area contributed by atoms with Crippen LogP contribution >= 0.6 is 11.6 Å². The van der Waals surface area contributed by atoms with Crippen molar-refractivity contribution in [3.63, 3.8) is 0 Å². The van der Waals surface area contributed by atoms with Gasteiger partial charge in [-0.15, -0.1) is 0 Å². The standard InChI is InChI=1S/C26H29ClN4O3/c1-18(32)30-11-8-21(9-12-30)26(33)31-16-22(10-13-34-25-7-6-23(27)15-29-25)24(17-31)20-4-2-19(14-28)3-5-20/h2-7,15,21-22,24H,8-13,16-17H2,1H3. The Morgan fingerprint density at radius 1 is 1.12 bits per heavy atom. The molecule has 4 rings (SSSR count). The number of aromatic nitrogens is 1. The number of nitriles is 1. The minimum atomic E-state index is -0.0366. The van der Waals surface area contributed by atoms with Crippen LogP contribution in [0.15, 0.2) is 42.6 Å². The molecule has 2 atom stereocenters. The van der Waals surface area contributed by atoms with Gasteiger partial charge in [0.05, 0.1) is 23.3 Å². The SMILES string of the molecule is CC(=O)N1CCC(C(=O)N2CC(CCOc3ccc(Cl)cn3)C(c3ccc(C#N)cc3)C2)CC1. The second kappa shape index (κ2) is 10.9. The number of likely N-dealkylation sites (tertiary alicyclic amines) is 2. The number of hydrogen-bond donors (Lipinski definition) is 0.